The van der Waals surface area contributed by atoms with Gasteiger partial charge in [-0.05, 0) is 31.3 Å². The van der Waals surface area contributed by atoms with Crippen LogP contribution >= 0.6 is 11.5 Å². The van der Waals surface area contributed by atoms with Gasteiger partial charge < -0.3 is 14.7 Å². The maximum atomic E-state index is 12.9. The average molecular weight is 349 g/mol. The van der Waals surface area contributed by atoms with Gasteiger partial charge in [0.1, 0.15) is 5.00 Å². The molecule has 0 spiro atoms. The molecule has 1 N–H and O–H groups in total. The van der Waals surface area contributed by atoms with Crippen molar-refractivity contribution in [2.45, 2.75) is 45.4 Å². The lowest BCUT2D eigenvalue weighted by molar-refractivity contribution is 0.0704. The Morgan fingerprint density at radius 2 is 2.25 bits per heavy atom. The fourth-order valence-electron chi connectivity index (χ4n) is 2.97. The molecule has 1 amide bonds. The molecule has 0 bridgehead atoms. The number of piperidine rings is 1. The lowest BCUT2D eigenvalue weighted by atomic mass is 9.96. The van der Waals surface area contributed by atoms with Crippen molar-refractivity contribution in [2.75, 3.05) is 25.5 Å². The molecule has 1 aliphatic heterocycles. The van der Waals surface area contributed by atoms with Crippen molar-refractivity contribution in [1.29, 1.82) is 0 Å². The molecule has 7 nitrogen and oxygen atoms in total. The van der Waals surface area contributed by atoms with Crippen molar-refractivity contribution >= 4 is 22.4 Å². The SMILES string of the molecule is CNc1snc(C)c1C(=O)N1CCCC(c2noc(C(C)C)n2)C1. The first-order chi connectivity index (χ1) is 11.5. The van der Waals surface area contributed by atoms with Crippen LogP contribution in [0.25, 0.3) is 0 Å². The van der Waals surface area contributed by atoms with Crippen LogP contribution < -0.4 is 5.32 Å². The predicted molar refractivity (Wildman–Crippen MR) is 92.7 cm³/mol. The van der Waals surface area contributed by atoms with Crippen LogP contribution in [-0.4, -0.2) is 45.5 Å². The first-order valence-corrected chi connectivity index (χ1v) is 9.05. The van der Waals surface area contributed by atoms with Crippen LogP contribution in [0.15, 0.2) is 4.52 Å². The highest BCUT2D eigenvalue weighted by Gasteiger charge is 2.31. The Hall–Kier alpha value is -1.96. The normalized spacial score (nSPS) is 18.2. The van der Waals surface area contributed by atoms with E-state index >= 15 is 0 Å². The minimum Gasteiger partial charge on any atom is -0.378 e. The number of aromatic nitrogens is 3. The third-order valence-corrected chi connectivity index (χ3v) is 5.28. The van der Waals surface area contributed by atoms with E-state index in [4.69, 9.17) is 4.52 Å². The number of nitrogens with one attached hydrogen (secondary N) is 1. The smallest absolute Gasteiger partial charge is 0.258 e. The van der Waals surface area contributed by atoms with E-state index in [2.05, 4.69) is 19.8 Å². The molecule has 1 aliphatic rings. The maximum Gasteiger partial charge on any atom is 0.258 e. The van der Waals surface area contributed by atoms with Crippen molar-refractivity contribution in [3.63, 3.8) is 0 Å². The van der Waals surface area contributed by atoms with Crippen LogP contribution in [-0.2, 0) is 0 Å². The highest BCUT2D eigenvalue weighted by Crippen LogP contribution is 2.30. The minimum atomic E-state index is 0.0304. The molecule has 1 saturated heterocycles. The van der Waals surface area contributed by atoms with Crippen molar-refractivity contribution < 1.29 is 9.32 Å². The third-order valence-electron chi connectivity index (χ3n) is 4.33. The number of hydrogen-bond acceptors (Lipinski definition) is 7. The maximum absolute atomic E-state index is 12.9. The number of anilines is 1. The zero-order valence-electron chi connectivity index (χ0n) is 14.5. The van der Waals surface area contributed by atoms with Gasteiger partial charge in [-0.2, -0.15) is 9.36 Å². The van der Waals surface area contributed by atoms with Crippen LogP contribution in [0.4, 0.5) is 5.00 Å². The fraction of sp³-hybridized carbons (Fsp3) is 0.625. The van der Waals surface area contributed by atoms with E-state index in [1.807, 2.05) is 32.7 Å². The molecule has 1 unspecified atom stereocenters. The highest BCUT2D eigenvalue weighted by molar-refractivity contribution is 7.10. The van der Waals surface area contributed by atoms with Crippen molar-refractivity contribution in [2.24, 2.45) is 0 Å². The Balaban J connectivity index is 1.77. The van der Waals surface area contributed by atoms with E-state index in [1.54, 1.807) is 0 Å². The van der Waals surface area contributed by atoms with E-state index in [0.29, 0.717) is 23.8 Å². The molecule has 24 heavy (non-hydrogen) atoms. The molecule has 0 saturated carbocycles. The molecule has 3 rings (SSSR count). The van der Waals surface area contributed by atoms with E-state index in [9.17, 15) is 4.79 Å². The fourth-order valence-corrected chi connectivity index (χ4v) is 3.71. The zero-order chi connectivity index (χ0) is 17.3. The number of carbonyl (C=O) groups excluding carboxylic acids is 1. The molecule has 2 aromatic heterocycles. The number of aryl methyl sites for hydroxylation is 1. The summed E-state index contributed by atoms with van der Waals surface area (Å²) >= 11 is 1.32. The second-order valence-corrected chi connectivity index (χ2v) is 7.23. The summed E-state index contributed by atoms with van der Waals surface area (Å²) < 4.78 is 9.62. The molecule has 8 heteroatoms. The molecule has 0 aliphatic carbocycles. The Labute approximate surface area is 145 Å². The van der Waals surface area contributed by atoms with Crippen LogP contribution in [0.3, 0.4) is 0 Å². The summed E-state index contributed by atoms with van der Waals surface area (Å²) in [6, 6.07) is 0. The van der Waals surface area contributed by atoms with Crippen LogP contribution in [0.1, 0.15) is 66.3 Å². The molecular weight excluding hydrogens is 326 g/mol. The van der Waals surface area contributed by atoms with E-state index in [1.165, 1.54) is 11.5 Å². The van der Waals surface area contributed by atoms with Gasteiger partial charge in [0.15, 0.2) is 5.82 Å². The van der Waals surface area contributed by atoms with Gasteiger partial charge in [0.2, 0.25) is 5.89 Å². The number of hydrogen-bond donors (Lipinski definition) is 1. The standard InChI is InChI=1S/C16H23N5O2S/c1-9(2)14-18-13(19-23-14)11-6-5-7-21(8-11)16(22)12-10(3)20-24-15(12)17-4/h9,11,17H,5-8H2,1-4H3. The van der Waals surface area contributed by atoms with Gasteiger partial charge in [0, 0.05) is 32.0 Å². The summed E-state index contributed by atoms with van der Waals surface area (Å²) in [4.78, 5) is 19.3. The topological polar surface area (TPSA) is 84.2 Å². The molecule has 1 atom stereocenters. The molecule has 1 fully saturated rings. The van der Waals surface area contributed by atoms with Crippen molar-refractivity contribution in [3.05, 3.63) is 23.0 Å². The third kappa shape index (κ3) is 3.15. The Morgan fingerprint density at radius 1 is 1.46 bits per heavy atom. The monoisotopic (exact) mass is 349 g/mol. The Kier molecular flexibility index (Phi) is 4.84. The number of nitrogens with zero attached hydrogens (tertiary/aromatic N) is 4. The van der Waals surface area contributed by atoms with Crippen molar-refractivity contribution in [3.8, 4) is 0 Å². The molecule has 2 aromatic rings. The summed E-state index contributed by atoms with van der Waals surface area (Å²) in [5.41, 5.74) is 1.46. The number of amides is 1. The number of likely N-dealkylation sites (tertiary alicyclic amines) is 1. The van der Waals surface area contributed by atoms with Crippen LogP contribution in [0.5, 0.6) is 0 Å². The number of rotatable bonds is 4. The zero-order valence-corrected chi connectivity index (χ0v) is 15.3. The largest absolute Gasteiger partial charge is 0.378 e. The first kappa shape index (κ1) is 16.9. The average Bonchev–Trinajstić information content (AvgIpc) is 3.21. The van der Waals surface area contributed by atoms with Gasteiger partial charge in [0.25, 0.3) is 5.91 Å². The van der Waals surface area contributed by atoms with E-state index in [0.717, 1.165) is 30.1 Å². The van der Waals surface area contributed by atoms with Gasteiger partial charge in [-0.25, -0.2) is 0 Å². The van der Waals surface area contributed by atoms with Crippen molar-refractivity contribution in [1.82, 2.24) is 19.4 Å². The van der Waals surface area contributed by atoms with Gasteiger partial charge >= 0.3 is 0 Å². The van der Waals surface area contributed by atoms with E-state index < -0.39 is 0 Å². The Morgan fingerprint density at radius 3 is 2.92 bits per heavy atom. The minimum absolute atomic E-state index is 0.0304. The molecule has 0 radical (unpaired) electrons. The van der Waals surface area contributed by atoms with Gasteiger partial charge in [0.05, 0.1) is 11.3 Å². The summed E-state index contributed by atoms with van der Waals surface area (Å²) in [6.45, 7) is 7.30. The molecule has 130 valence electrons. The predicted octanol–water partition coefficient (Wildman–Crippen LogP) is 3.02. The van der Waals surface area contributed by atoms with Crippen LogP contribution in [0, 0.1) is 6.92 Å². The summed E-state index contributed by atoms with van der Waals surface area (Å²) in [5, 5.41) is 8.01. The lowest BCUT2D eigenvalue weighted by Crippen LogP contribution is -2.39. The summed E-state index contributed by atoms with van der Waals surface area (Å²) in [6.07, 6.45) is 1.91. The van der Waals surface area contributed by atoms with Gasteiger partial charge in [-0.15, -0.1) is 0 Å². The van der Waals surface area contributed by atoms with E-state index in [-0.39, 0.29) is 17.7 Å². The second kappa shape index (κ2) is 6.88. The lowest BCUT2D eigenvalue weighted by Gasteiger charge is -2.31. The quantitative estimate of drug-likeness (QED) is 0.913. The second-order valence-electron chi connectivity index (χ2n) is 6.46. The van der Waals surface area contributed by atoms with Gasteiger partial charge in [-0.1, -0.05) is 19.0 Å². The van der Waals surface area contributed by atoms with Crippen LogP contribution in [0.2, 0.25) is 0 Å². The number of carbonyl (C=O) groups is 1. The molecule has 3 heterocycles. The molecular formula is C16H23N5O2S. The first-order valence-electron chi connectivity index (χ1n) is 8.28. The van der Waals surface area contributed by atoms with Gasteiger partial charge in [-0.3, -0.25) is 4.79 Å². The highest BCUT2D eigenvalue weighted by atomic mass is 32.1. The summed E-state index contributed by atoms with van der Waals surface area (Å²) in [5.74, 6) is 1.74. The Bertz CT molecular complexity index is 724. The summed E-state index contributed by atoms with van der Waals surface area (Å²) in [7, 11) is 1.81. The molecule has 0 aromatic carbocycles.